The van der Waals surface area contributed by atoms with Crippen molar-refractivity contribution in [3.63, 3.8) is 0 Å². The van der Waals surface area contributed by atoms with Gasteiger partial charge in [-0.2, -0.15) is 0 Å². The zero-order chi connectivity index (χ0) is 18.3. The van der Waals surface area contributed by atoms with Crippen LogP contribution in [0.3, 0.4) is 0 Å². The highest BCUT2D eigenvalue weighted by Crippen LogP contribution is 2.36. The molecule has 1 aromatic carbocycles. The Hall–Kier alpha value is -1.79. The number of aromatic nitrogens is 2. The molecule has 0 aliphatic heterocycles. The minimum atomic E-state index is 0.0609. The Morgan fingerprint density at radius 1 is 1.27 bits per heavy atom. The Balaban J connectivity index is 1.92. The Kier molecular flexibility index (Phi) is 4.80. The molecule has 136 valence electrons. The van der Waals surface area contributed by atoms with E-state index in [1.165, 1.54) is 10.4 Å². The molecule has 1 aliphatic rings. The van der Waals surface area contributed by atoms with E-state index < -0.39 is 0 Å². The van der Waals surface area contributed by atoms with Gasteiger partial charge in [-0.15, -0.1) is 11.3 Å². The predicted octanol–water partition coefficient (Wildman–Crippen LogP) is 4.69. The Morgan fingerprint density at radius 2 is 2.04 bits per heavy atom. The van der Waals surface area contributed by atoms with E-state index >= 15 is 0 Å². The largest absolute Gasteiger partial charge is 0.497 e. The number of ether oxygens (including phenoxy) is 1. The lowest BCUT2D eigenvalue weighted by Gasteiger charge is -2.13. The minimum absolute atomic E-state index is 0.0609. The van der Waals surface area contributed by atoms with Crippen molar-refractivity contribution < 1.29 is 4.74 Å². The summed E-state index contributed by atoms with van der Waals surface area (Å²) in [5.74, 6) is 2.24. The summed E-state index contributed by atoms with van der Waals surface area (Å²) in [5.41, 5.74) is 2.13. The van der Waals surface area contributed by atoms with Crippen molar-refractivity contribution in [3.05, 3.63) is 45.1 Å². The third kappa shape index (κ3) is 3.05. The van der Waals surface area contributed by atoms with Crippen LogP contribution in [0.25, 0.3) is 15.9 Å². The van der Waals surface area contributed by atoms with Crippen LogP contribution in [0.1, 0.15) is 30.7 Å². The van der Waals surface area contributed by atoms with E-state index in [0.29, 0.717) is 5.92 Å². The maximum atomic E-state index is 13.5. The second-order valence-corrected chi connectivity index (χ2v) is 9.05. The first-order valence-corrected chi connectivity index (χ1v) is 10.7. The van der Waals surface area contributed by atoms with Gasteiger partial charge < -0.3 is 4.74 Å². The third-order valence-corrected chi connectivity index (χ3v) is 7.14. The molecule has 4 rings (SSSR count). The fourth-order valence-corrected chi connectivity index (χ4v) is 5.59. The summed E-state index contributed by atoms with van der Waals surface area (Å²) >= 11 is 3.36. The summed E-state index contributed by atoms with van der Waals surface area (Å²) in [6, 6.07) is 7.64. The van der Waals surface area contributed by atoms with Gasteiger partial charge in [0.15, 0.2) is 5.16 Å². The molecular weight excluding hydrogens is 364 g/mol. The van der Waals surface area contributed by atoms with Crippen molar-refractivity contribution in [2.75, 3.05) is 12.9 Å². The molecule has 0 spiro atoms. The van der Waals surface area contributed by atoms with Gasteiger partial charge in [0.05, 0.1) is 18.2 Å². The van der Waals surface area contributed by atoms with Crippen LogP contribution in [-0.4, -0.2) is 22.4 Å². The first kappa shape index (κ1) is 17.6. The summed E-state index contributed by atoms with van der Waals surface area (Å²) in [6.07, 6.45) is 3.21. The molecule has 2 aromatic heterocycles. The number of hydrogen-bond acceptors (Lipinski definition) is 5. The molecule has 6 heteroatoms. The van der Waals surface area contributed by atoms with Crippen LogP contribution in [0, 0.1) is 5.92 Å². The van der Waals surface area contributed by atoms with E-state index in [1.807, 2.05) is 24.3 Å². The normalized spacial score (nSPS) is 13.5. The van der Waals surface area contributed by atoms with Crippen LogP contribution in [0.2, 0.25) is 0 Å². The van der Waals surface area contributed by atoms with Gasteiger partial charge in [0.2, 0.25) is 0 Å². The molecule has 0 unspecified atom stereocenters. The SMILES string of the molecule is COc1ccc(-n2c(SCC(C)C)nc3sc4c(c3c2=O)CCC4)cc1. The fraction of sp³-hybridized carbons (Fsp3) is 0.400. The maximum Gasteiger partial charge on any atom is 0.267 e. The second-order valence-electron chi connectivity index (χ2n) is 6.98. The Bertz CT molecular complexity index is 1000. The molecule has 0 amide bonds. The third-order valence-electron chi connectivity index (χ3n) is 4.58. The predicted molar refractivity (Wildman–Crippen MR) is 109 cm³/mol. The molecule has 3 aromatic rings. The van der Waals surface area contributed by atoms with E-state index in [0.717, 1.165) is 51.8 Å². The van der Waals surface area contributed by atoms with Crippen LogP contribution < -0.4 is 10.3 Å². The van der Waals surface area contributed by atoms with Crippen molar-refractivity contribution >= 4 is 33.3 Å². The first-order valence-electron chi connectivity index (χ1n) is 8.93. The van der Waals surface area contributed by atoms with Gasteiger partial charge in [-0.05, 0) is 55.0 Å². The van der Waals surface area contributed by atoms with Gasteiger partial charge in [-0.1, -0.05) is 25.6 Å². The standard InChI is InChI=1S/C20H22N2O2S2/c1-12(2)11-25-20-21-18-17(15-5-4-6-16(15)26-18)19(23)22(20)13-7-9-14(24-3)10-8-13/h7-10,12H,4-6,11H2,1-3H3. The van der Waals surface area contributed by atoms with Crippen molar-refractivity contribution in [1.82, 2.24) is 9.55 Å². The number of rotatable bonds is 5. The number of hydrogen-bond donors (Lipinski definition) is 0. The van der Waals surface area contributed by atoms with E-state index in [-0.39, 0.29) is 5.56 Å². The van der Waals surface area contributed by atoms with Crippen LogP contribution in [0.4, 0.5) is 0 Å². The summed E-state index contributed by atoms with van der Waals surface area (Å²) in [5, 5.41) is 1.61. The smallest absolute Gasteiger partial charge is 0.267 e. The van der Waals surface area contributed by atoms with Crippen molar-refractivity contribution in [1.29, 1.82) is 0 Å². The highest BCUT2D eigenvalue weighted by atomic mass is 32.2. The number of benzene rings is 1. The molecular formula is C20H22N2O2S2. The van der Waals surface area contributed by atoms with Crippen molar-refractivity contribution in [2.45, 2.75) is 38.3 Å². The van der Waals surface area contributed by atoms with Crippen LogP contribution in [0.5, 0.6) is 5.75 Å². The van der Waals surface area contributed by atoms with Gasteiger partial charge in [0.25, 0.3) is 5.56 Å². The van der Waals surface area contributed by atoms with Crippen molar-refractivity contribution in [2.24, 2.45) is 5.92 Å². The number of aryl methyl sites for hydroxylation is 2. The summed E-state index contributed by atoms with van der Waals surface area (Å²) in [6.45, 7) is 4.36. The van der Waals surface area contributed by atoms with Crippen LogP contribution in [0.15, 0.2) is 34.2 Å². The highest BCUT2D eigenvalue weighted by Gasteiger charge is 2.24. The van der Waals surface area contributed by atoms with Crippen LogP contribution >= 0.6 is 23.1 Å². The van der Waals surface area contributed by atoms with Crippen LogP contribution in [-0.2, 0) is 12.8 Å². The van der Waals surface area contributed by atoms with Gasteiger partial charge in [0, 0.05) is 10.6 Å². The molecule has 0 atom stereocenters. The second kappa shape index (κ2) is 7.08. The monoisotopic (exact) mass is 386 g/mol. The molecule has 0 bridgehead atoms. The molecule has 2 heterocycles. The molecule has 4 nitrogen and oxygen atoms in total. The lowest BCUT2D eigenvalue weighted by Crippen LogP contribution is -2.22. The molecule has 0 radical (unpaired) electrons. The van der Waals surface area contributed by atoms with Crippen molar-refractivity contribution in [3.8, 4) is 11.4 Å². The molecule has 0 N–H and O–H groups in total. The maximum absolute atomic E-state index is 13.5. The molecule has 0 fully saturated rings. The number of nitrogens with zero attached hydrogens (tertiary/aromatic N) is 2. The first-order chi connectivity index (χ1) is 12.6. The number of thioether (sulfide) groups is 1. The van der Waals surface area contributed by atoms with E-state index in [1.54, 1.807) is 34.8 Å². The van der Waals surface area contributed by atoms with Gasteiger partial charge in [-0.3, -0.25) is 9.36 Å². The minimum Gasteiger partial charge on any atom is -0.497 e. The average molecular weight is 387 g/mol. The molecule has 0 saturated carbocycles. The topological polar surface area (TPSA) is 44.1 Å². The van der Waals surface area contributed by atoms with E-state index in [4.69, 9.17) is 9.72 Å². The van der Waals surface area contributed by atoms with E-state index in [2.05, 4.69) is 13.8 Å². The lowest BCUT2D eigenvalue weighted by atomic mass is 10.2. The molecule has 0 saturated heterocycles. The van der Waals surface area contributed by atoms with Gasteiger partial charge in [-0.25, -0.2) is 4.98 Å². The number of methoxy groups -OCH3 is 1. The zero-order valence-corrected chi connectivity index (χ0v) is 16.9. The Labute approximate surface area is 161 Å². The lowest BCUT2D eigenvalue weighted by molar-refractivity contribution is 0.414. The number of fused-ring (bicyclic) bond motifs is 3. The zero-order valence-electron chi connectivity index (χ0n) is 15.2. The fourth-order valence-electron chi connectivity index (χ4n) is 3.32. The summed E-state index contributed by atoms with van der Waals surface area (Å²) in [7, 11) is 1.65. The van der Waals surface area contributed by atoms with Gasteiger partial charge >= 0.3 is 0 Å². The summed E-state index contributed by atoms with van der Waals surface area (Å²) in [4.78, 5) is 20.6. The molecule has 1 aliphatic carbocycles. The molecule has 26 heavy (non-hydrogen) atoms. The van der Waals surface area contributed by atoms with Gasteiger partial charge in [0.1, 0.15) is 10.6 Å². The quantitative estimate of drug-likeness (QED) is 0.471. The average Bonchev–Trinajstić information content (AvgIpc) is 3.20. The Morgan fingerprint density at radius 3 is 2.73 bits per heavy atom. The van der Waals surface area contributed by atoms with E-state index in [9.17, 15) is 4.79 Å². The highest BCUT2D eigenvalue weighted by molar-refractivity contribution is 7.99. The summed E-state index contributed by atoms with van der Waals surface area (Å²) < 4.78 is 7.03. The number of thiophene rings is 1.